The summed E-state index contributed by atoms with van der Waals surface area (Å²) < 4.78 is 0. The fourth-order valence-corrected chi connectivity index (χ4v) is 2.57. The quantitative estimate of drug-likeness (QED) is 0.560. The highest BCUT2D eigenvalue weighted by molar-refractivity contribution is 4.72. The molecule has 0 aromatic heterocycles. The number of rotatable bonds is 1. The predicted molar refractivity (Wildman–Crippen MR) is 59.7 cm³/mol. The van der Waals surface area contributed by atoms with E-state index in [9.17, 15) is 0 Å². The lowest BCUT2D eigenvalue weighted by atomic mass is 9.77. The molecule has 0 amide bonds. The summed E-state index contributed by atoms with van der Waals surface area (Å²) in [7, 11) is 0. The van der Waals surface area contributed by atoms with Crippen LogP contribution in [0.1, 0.15) is 59.8 Å². The van der Waals surface area contributed by atoms with Crippen LogP contribution in [0, 0.1) is 23.7 Å². The van der Waals surface area contributed by atoms with Gasteiger partial charge in [0.1, 0.15) is 0 Å². The van der Waals surface area contributed by atoms with Crippen LogP contribution in [0.15, 0.2) is 0 Å². The topological polar surface area (TPSA) is 0 Å². The molecule has 0 saturated heterocycles. The molecule has 0 aliphatic heterocycles. The number of hydrogen-bond donors (Lipinski definition) is 0. The van der Waals surface area contributed by atoms with E-state index in [2.05, 4.69) is 27.7 Å². The molecule has 3 atom stereocenters. The fraction of sp³-hybridized carbons (Fsp3) is 1.00. The van der Waals surface area contributed by atoms with Gasteiger partial charge in [0.25, 0.3) is 0 Å². The van der Waals surface area contributed by atoms with Gasteiger partial charge in [0.05, 0.1) is 0 Å². The van der Waals surface area contributed by atoms with Crippen molar-refractivity contribution in [1.29, 1.82) is 0 Å². The maximum Gasteiger partial charge on any atom is -0.0388 e. The maximum absolute atomic E-state index is 2.44. The summed E-state index contributed by atoms with van der Waals surface area (Å²) in [6.45, 7) is 9.65. The molecule has 0 bridgehead atoms. The molecule has 13 heavy (non-hydrogen) atoms. The van der Waals surface area contributed by atoms with Gasteiger partial charge in [-0.15, -0.1) is 0 Å². The SMILES string of the molecule is CC1CCC(C)CC(C(C)C)CC1. The highest BCUT2D eigenvalue weighted by Gasteiger charge is 2.20. The van der Waals surface area contributed by atoms with Crippen LogP contribution >= 0.6 is 0 Å². The highest BCUT2D eigenvalue weighted by Crippen LogP contribution is 2.33. The molecule has 1 aliphatic rings. The standard InChI is InChI=1S/C13H26/c1-10(2)13-8-7-11(3)5-6-12(4)9-13/h10-13H,5-9H2,1-4H3. The zero-order chi connectivity index (χ0) is 9.84. The maximum atomic E-state index is 2.44. The minimum Gasteiger partial charge on any atom is -0.0625 e. The van der Waals surface area contributed by atoms with E-state index in [0.717, 1.165) is 23.7 Å². The zero-order valence-electron chi connectivity index (χ0n) is 9.84. The molecule has 1 saturated carbocycles. The Balaban J connectivity index is 2.46. The van der Waals surface area contributed by atoms with Crippen molar-refractivity contribution < 1.29 is 0 Å². The molecule has 0 heteroatoms. The molecule has 78 valence electrons. The van der Waals surface area contributed by atoms with Crippen LogP contribution in [-0.4, -0.2) is 0 Å². The van der Waals surface area contributed by atoms with Gasteiger partial charge in [0.15, 0.2) is 0 Å². The van der Waals surface area contributed by atoms with Crippen LogP contribution in [0.5, 0.6) is 0 Å². The molecule has 0 aromatic carbocycles. The first kappa shape index (κ1) is 11.1. The van der Waals surface area contributed by atoms with Crippen molar-refractivity contribution in [2.24, 2.45) is 23.7 Å². The lowest BCUT2D eigenvalue weighted by molar-refractivity contribution is 0.226. The Kier molecular flexibility index (Phi) is 4.28. The van der Waals surface area contributed by atoms with Crippen LogP contribution in [0.25, 0.3) is 0 Å². The molecule has 3 unspecified atom stereocenters. The van der Waals surface area contributed by atoms with Gasteiger partial charge >= 0.3 is 0 Å². The fourth-order valence-electron chi connectivity index (χ4n) is 2.57. The van der Waals surface area contributed by atoms with Gasteiger partial charge < -0.3 is 0 Å². The van der Waals surface area contributed by atoms with Gasteiger partial charge in [-0.2, -0.15) is 0 Å². The second-order valence-corrected chi connectivity index (χ2v) is 5.60. The van der Waals surface area contributed by atoms with E-state index >= 15 is 0 Å². The zero-order valence-corrected chi connectivity index (χ0v) is 9.84. The Morgan fingerprint density at radius 2 is 1.38 bits per heavy atom. The van der Waals surface area contributed by atoms with Gasteiger partial charge in [-0.25, -0.2) is 0 Å². The van der Waals surface area contributed by atoms with Gasteiger partial charge in [-0.05, 0) is 36.5 Å². The normalized spacial score (nSPS) is 37.2. The third-order valence-corrected chi connectivity index (χ3v) is 3.83. The molecule has 1 rings (SSSR count). The van der Waals surface area contributed by atoms with Crippen molar-refractivity contribution in [3.05, 3.63) is 0 Å². The average Bonchev–Trinajstić information content (AvgIpc) is 2.05. The Morgan fingerprint density at radius 3 is 2.00 bits per heavy atom. The largest absolute Gasteiger partial charge is 0.0625 e. The Bertz CT molecular complexity index is 137. The van der Waals surface area contributed by atoms with Crippen LogP contribution in [0.3, 0.4) is 0 Å². The Morgan fingerprint density at radius 1 is 0.846 bits per heavy atom. The van der Waals surface area contributed by atoms with Crippen LogP contribution in [0.4, 0.5) is 0 Å². The van der Waals surface area contributed by atoms with Crippen LogP contribution < -0.4 is 0 Å². The van der Waals surface area contributed by atoms with E-state index in [1.165, 1.54) is 32.1 Å². The molecular formula is C13H26. The Hall–Kier alpha value is 0. The molecule has 0 heterocycles. The van der Waals surface area contributed by atoms with Crippen molar-refractivity contribution in [3.63, 3.8) is 0 Å². The van der Waals surface area contributed by atoms with E-state index < -0.39 is 0 Å². The first-order chi connectivity index (χ1) is 6.09. The molecule has 0 spiro atoms. The van der Waals surface area contributed by atoms with E-state index in [0.29, 0.717) is 0 Å². The lowest BCUT2D eigenvalue weighted by Crippen LogP contribution is -2.17. The first-order valence-electron chi connectivity index (χ1n) is 6.09. The summed E-state index contributed by atoms with van der Waals surface area (Å²) in [6, 6.07) is 0. The van der Waals surface area contributed by atoms with Crippen molar-refractivity contribution >= 4 is 0 Å². The molecule has 0 aromatic rings. The second kappa shape index (κ2) is 5.02. The van der Waals surface area contributed by atoms with Gasteiger partial charge in [0, 0.05) is 0 Å². The van der Waals surface area contributed by atoms with E-state index in [1.807, 2.05) is 0 Å². The Labute approximate surface area is 84.1 Å². The lowest BCUT2D eigenvalue weighted by Gasteiger charge is -2.29. The summed E-state index contributed by atoms with van der Waals surface area (Å²) >= 11 is 0. The van der Waals surface area contributed by atoms with Gasteiger partial charge in [-0.3, -0.25) is 0 Å². The molecule has 0 nitrogen and oxygen atoms in total. The summed E-state index contributed by atoms with van der Waals surface area (Å²) in [5.74, 6) is 3.84. The predicted octanol–water partition coefficient (Wildman–Crippen LogP) is 4.49. The van der Waals surface area contributed by atoms with Crippen LogP contribution in [-0.2, 0) is 0 Å². The van der Waals surface area contributed by atoms with Gasteiger partial charge in [0.2, 0.25) is 0 Å². The van der Waals surface area contributed by atoms with Crippen LogP contribution in [0.2, 0.25) is 0 Å². The van der Waals surface area contributed by atoms with Crippen molar-refractivity contribution in [2.75, 3.05) is 0 Å². The van der Waals surface area contributed by atoms with E-state index in [1.54, 1.807) is 0 Å². The minimum atomic E-state index is 0.896. The average molecular weight is 182 g/mol. The first-order valence-corrected chi connectivity index (χ1v) is 6.09. The van der Waals surface area contributed by atoms with E-state index in [4.69, 9.17) is 0 Å². The molecule has 1 fully saturated rings. The minimum absolute atomic E-state index is 0.896. The third kappa shape index (κ3) is 3.70. The summed E-state index contributed by atoms with van der Waals surface area (Å²) in [4.78, 5) is 0. The van der Waals surface area contributed by atoms with Gasteiger partial charge in [-0.1, -0.05) is 47.0 Å². The van der Waals surface area contributed by atoms with Crippen molar-refractivity contribution in [3.8, 4) is 0 Å². The molecule has 0 N–H and O–H groups in total. The second-order valence-electron chi connectivity index (χ2n) is 5.60. The number of hydrogen-bond acceptors (Lipinski definition) is 0. The van der Waals surface area contributed by atoms with E-state index in [-0.39, 0.29) is 0 Å². The highest BCUT2D eigenvalue weighted by atomic mass is 14.3. The third-order valence-electron chi connectivity index (χ3n) is 3.83. The smallest absolute Gasteiger partial charge is 0.0388 e. The summed E-state index contributed by atoms with van der Waals surface area (Å²) in [5.41, 5.74) is 0. The molecule has 1 aliphatic carbocycles. The molecular weight excluding hydrogens is 156 g/mol. The summed E-state index contributed by atoms with van der Waals surface area (Å²) in [5, 5.41) is 0. The molecule has 0 radical (unpaired) electrons. The van der Waals surface area contributed by atoms with Crippen molar-refractivity contribution in [2.45, 2.75) is 59.8 Å². The van der Waals surface area contributed by atoms with Crippen molar-refractivity contribution in [1.82, 2.24) is 0 Å². The monoisotopic (exact) mass is 182 g/mol. The summed E-state index contributed by atoms with van der Waals surface area (Å²) in [6.07, 6.45) is 7.35.